The molecule has 37 heavy (non-hydrogen) atoms. The van der Waals surface area contributed by atoms with Crippen LogP contribution in [0.3, 0.4) is 0 Å². The number of anilines is 5. The van der Waals surface area contributed by atoms with Crippen molar-refractivity contribution in [2.24, 2.45) is 7.05 Å². The van der Waals surface area contributed by atoms with Crippen LogP contribution in [-0.4, -0.2) is 61.5 Å². The molecular formula is C24H26B3FN8O. The fraction of sp³-hybridized carbons (Fsp3) is 0.167. The molecule has 1 aromatic carbocycles. The summed E-state index contributed by atoms with van der Waals surface area (Å²) in [6.07, 6.45) is 4.68. The average molecular weight is 494 g/mol. The molecule has 184 valence electrons. The van der Waals surface area contributed by atoms with Crippen molar-refractivity contribution in [2.75, 3.05) is 22.6 Å². The number of hydrogen-bond acceptors (Lipinski definition) is 7. The van der Waals surface area contributed by atoms with Gasteiger partial charge in [-0.15, -0.1) is 0 Å². The number of hydrogen-bond donors (Lipinski definition) is 3. The number of carbonyl (C=O) groups is 1. The van der Waals surface area contributed by atoms with Gasteiger partial charge in [0, 0.05) is 50.2 Å². The summed E-state index contributed by atoms with van der Waals surface area (Å²) in [6, 6.07) is 10.6. The zero-order valence-corrected chi connectivity index (χ0v) is 21.4. The Kier molecular flexibility index (Phi) is 6.14. The van der Waals surface area contributed by atoms with Gasteiger partial charge in [0.25, 0.3) is 5.91 Å². The molecule has 9 nitrogen and oxygen atoms in total. The molecule has 3 aromatic heterocycles. The van der Waals surface area contributed by atoms with Crippen LogP contribution in [-0.2, 0) is 13.6 Å². The number of pyridine rings is 2. The molecule has 0 aliphatic carbocycles. The minimum Gasteiger partial charge on any atom is -0.370 e. The van der Waals surface area contributed by atoms with E-state index in [9.17, 15) is 9.18 Å². The van der Waals surface area contributed by atoms with Crippen molar-refractivity contribution in [1.29, 1.82) is 0 Å². The first-order chi connectivity index (χ1) is 17.6. The number of benzene rings is 1. The molecule has 4 aromatic rings. The van der Waals surface area contributed by atoms with Crippen molar-refractivity contribution >= 4 is 58.1 Å². The fourth-order valence-corrected chi connectivity index (χ4v) is 4.40. The number of nitrogens with one attached hydrogen (secondary N) is 3. The Morgan fingerprint density at radius 1 is 1.03 bits per heavy atom. The highest BCUT2D eigenvalue weighted by molar-refractivity contribution is 6.60. The van der Waals surface area contributed by atoms with E-state index in [2.05, 4.69) is 42.0 Å². The Morgan fingerprint density at radius 3 is 2.54 bits per heavy atom. The van der Waals surface area contributed by atoms with E-state index in [1.807, 2.05) is 60.6 Å². The topological polar surface area (TPSA) is 100 Å². The van der Waals surface area contributed by atoms with Crippen LogP contribution in [0.4, 0.5) is 33.1 Å². The van der Waals surface area contributed by atoms with Crippen molar-refractivity contribution in [2.45, 2.75) is 11.8 Å². The number of para-hydroxylation sites is 1. The number of aromatic nitrogens is 4. The standard InChI is InChI=1S/C24H26B3FN8O/c1-35-11-13-12-36(2)34-21(13)15-4-3-5-17(22(15)35)31-18-8-20(32-19-7-6-14(28)9-29-19)30-10-16(18)23(37)33-24(25,26)27/h3-10,12H,11,25-27H2,1-2H3,(H,33,37)(H2,29,30,31,32). The van der Waals surface area contributed by atoms with Gasteiger partial charge in [0.1, 0.15) is 41.0 Å². The zero-order chi connectivity index (χ0) is 26.3. The van der Waals surface area contributed by atoms with E-state index >= 15 is 0 Å². The van der Waals surface area contributed by atoms with Gasteiger partial charge in [0.15, 0.2) is 0 Å². The maximum absolute atomic E-state index is 13.3. The van der Waals surface area contributed by atoms with Crippen LogP contribution in [0, 0.1) is 5.82 Å². The van der Waals surface area contributed by atoms with E-state index in [1.54, 1.807) is 6.07 Å². The lowest BCUT2D eigenvalue weighted by Crippen LogP contribution is -2.50. The number of fused-ring (bicyclic) bond motifs is 3. The van der Waals surface area contributed by atoms with E-state index in [4.69, 9.17) is 0 Å². The Morgan fingerprint density at radius 2 is 1.81 bits per heavy atom. The first-order valence-electron chi connectivity index (χ1n) is 11.9. The molecule has 0 saturated heterocycles. The van der Waals surface area contributed by atoms with Gasteiger partial charge >= 0.3 is 0 Å². The molecule has 0 spiro atoms. The maximum Gasteiger partial charge on any atom is 0.253 e. The summed E-state index contributed by atoms with van der Waals surface area (Å²) in [5.74, 6) is 0.216. The van der Waals surface area contributed by atoms with Crippen LogP contribution in [0.5, 0.6) is 0 Å². The molecule has 0 unspecified atom stereocenters. The van der Waals surface area contributed by atoms with Crippen molar-refractivity contribution in [3.05, 3.63) is 71.9 Å². The van der Waals surface area contributed by atoms with E-state index in [0.717, 1.165) is 34.4 Å². The van der Waals surface area contributed by atoms with Gasteiger partial charge in [0.2, 0.25) is 0 Å². The molecule has 0 radical (unpaired) electrons. The summed E-state index contributed by atoms with van der Waals surface area (Å²) >= 11 is 0. The lowest BCUT2D eigenvalue weighted by Gasteiger charge is -2.30. The minimum atomic E-state index is -0.427. The smallest absolute Gasteiger partial charge is 0.253 e. The van der Waals surface area contributed by atoms with Gasteiger partial charge in [-0.2, -0.15) is 5.10 Å². The Bertz CT molecular complexity index is 1490. The van der Waals surface area contributed by atoms with E-state index in [1.165, 1.54) is 18.3 Å². The number of nitrogens with zero attached hydrogens (tertiary/aromatic N) is 5. The van der Waals surface area contributed by atoms with Crippen LogP contribution < -0.4 is 20.9 Å². The molecule has 0 saturated carbocycles. The number of halogens is 1. The Balaban J connectivity index is 1.56. The molecule has 0 atom stereocenters. The van der Waals surface area contributed by atoms with Gasteiger partial charge in [-0.3, -0.25) is 9.48 Å². The third kappa shape index (κ3) is 5.16. The number of carbonyl (C=O) groups excluding carboxylic acids is 1. The molecule has 0 bridgehead atoms. The second-order valence-electron chi connectivity index (χ2n) is 10.2. The van der Waals surface area contributed by atoms with Crippen molar-refractivity contribution in [3.63, 3.8) is 0 Å². The molecular weight excluding hydrogens is 468 g/mol. The summed E-state index contributed by atoms with van der Waals surface area (Å²) in [7, 11) is 9.73. The third-order valence-electron chi connectivity index (χ3n) is 5.87. The molecule has 13 heteroatoms. The second kappa shape index (κ2) is 9.31. The van der Waals surface area contributed by atoms with Crippen LogP contribution in [0.2, 0.25) is 0 Å². The molecule has 3 N–H and O–H groups in total. The summed E-state index contributed by atoms with van der Waals surface area (Å²) in [4.78, 5) is 23.8. The molecule has 0 fully saturated rings. The Hall–Kier alpha value is -4.28. The lowest BCUT2D eigenvalue weighted by atomic mass is 9.49. The van der Waals surface area contributed by atoms with Gasteiger partial charge < -0.3 is 20.9 Å². The molecule has 1 aliphatic rings. The highest BCUT2D eigenvalue weighted by Gasteiger charge is 2.26. The monoisotopic (exact) mass is 494 g/mol. The zero-order valence-electron chi connectivity index (χ0n) is 21.4. The van der Waals surface area contributed by atoms with Gasteiger partial charge in [0.05, 0.1) is 34.5 Å². The van der Waals surface area contributed by atoms with Crippen molar-refractivity contribution in [3.8, 4) is 11.3 Å². The summed E-state index contributed by atoms with van der Waals surface area (Å²) in [6.45, 7) is 0.714. The first-order valence-corrected chi connectivity index (χ1v) is 11.9. The maximum atomic E-state index is 13.3. The van der Waals surface area contributed by atoms with Gasteiger partial charge in [-0.1, -0.05) is 12.1 Å². The average Bonchev–Trinajstić information content (AvgIpc) is 3.20. The van der Waals surface area contributed by atoms with E-state index in [-0.39, 0.29) is 5.91 Å². The summed E-state index contributed by atoms with van der Waals surface area (Å²) < 4.78 is 15.1. The third-order valence-corrected chi connectivity index (χ3v) is 5.87. The predicted molar refractivity (Wildman–Crippen MR) is 152 cm³/mol. The van der Waals surface area contributed by atoms with Crippen LogP contribution in [0.25, 0.3) is 11.3 Å². The van der Waals surface area contributed by atoms with Gasteiger partial charge in [-0.25, -0.2) is 14.4 Å². The summed E-state index contributed by atoms with van der Waals surface area (Å²) in [5, 5.41) is 13.8. The highest BCUT2D eigenvalue weighted by atomic mass is 19.1. The number of rotatable bonds is 6. The molecule has 1 aliphatic heterocycles. The highest BCUT2D eigenvalue weighted by Crippen LogP contribution is 2.43. The number of amides is 1. The predicted octanol–water partition coefficient (Wildman–Crippen LogP) is 0.694. The minimum absolute atomic E-state index is 0.251. The molecule has 5 rings (SSSR count). The van der Waals surface area contributed by atoms with Gasteiger partial charge in [-0.05, 0) is 23.4 Å². The fourth-order valence-electron chi connectivity index (χ4n) is 4.40. The van der Waals surface area contributed by atoms with Crippen molar-refractivity contribution in [1.82, 2.24) is 25.1 Å². The van der Waals surface area contributed by atoms with Crippen molar-refractivity contribution < 1.29 is 9.18 Å². The lowest BCUT2D eigenvalue weighted by molar-refractivity contribution is 0.0953. The molecule has 1 amide bonds. The normalized spacial score (nSPS) is 12.5. The summed E-state index contributed by atoms with van der Waals surface area (Å²) in [5.41, 5.74) is 5.89. The molecule has 4 heterocycles. The van der Waals surface area contributed by atoms with Crippen LogP contribution >= 0.6 is 0 Å². The Labute approximate surface area is 217 Å². The van der Waals surface area contributed by atoms with E-state index in [0.29, 0.717) is 29.4 Å². The van der Waals surface area contributed by atoms with E-state index < -0.39 is 11.1 Å². The van der Waals surface area contributed by atoms with Crippen LogP contribution in [0.1, 0.15) is 15.9 Å². The largest absolute Gasteiger partial charge is 0.370 e. The second-order valence-corrected chi connectivity index (χ2v) is 10.2. The van der Waals surface area contributed by atoms with Crippen LogP contribution in [0.15, 0.2) is 55.0 Å². The SMILES string of the molecule is BC(B)(B)NC(=O)c1cnc(Nc2ccc(F)cn2)cc1Nc1cccc2c1N(C)Cc1cn(C)nc1-2. The first kappa shape index (κ1) is 24.4. The quantitative estimate of drug-likeness (QED) is 0.340. The number of aryl methyl sites for hydroxylation is 1.